The molecule has 0 aromatic heterocycles. The molecule has 2 N–H and O–H groups in total. The zero-order valence-corrected chi connectivity index (χ0v) is 16.3. The third-order valence-electron chi connectivity index (χ3n) is 4.33. The van der Waals surface area contributed by atoms with Crippen LogP contribution < -0.4 is 10.6 Å². The zero-order valence-electron chi connectivity index (χ0n) is 16.3. The number of rotatable bonds is 6. The fraction of sp³-hybridized carbons (Fsp3) is 0.476. The highest BCUT2D eigenvalue weighted by Crippen LogP contribution is 2.39. The second kappa shape index (κ2) is 8.26. The molecule has 0 aliphatic heterocycles. The van der Waals surface area contributed by atoms with Gasteiger partial charge in [-0.05, 0) is 70.2 Å². The van der Waals surface area contributed by atoms with E-state index in [1.165, 1.54) is 6.08 Å². The van der Waals surface area contributed by atoms with Crippen molar-refractivity contribution in [3.8, 4) is 6.07 Å². The van der Waals surface area contributed by atoms with Crippen LogP contribution in [0.25, 0.3) is 6.08 Å². The molecule has 1 saturated carbocycles. The standard InChI is InChI=1S/C21H27N3O3/c1-20(2,3)27-19(26)23-14-21(4,17-9-10-17)24-18(25)11-8-15-6-5-7-16(12-15)13-22/h5-8,11-12,17H,9-10,14H2,1-4H3,(H,23,26)(H,24,25). The van der Waals surface area contributed by atoms with Crippen LogP contribution in [0.2, 0.25) is 0 Å². The first kappa shape index (κ1) is 20.5. The summed E-state index contributed by atoms with van der Waals surface area (Å²) >= 11 is 0. The lowest BCUT2D eigenvalue weighted by molar-refractivity contribution is -0.118. The van der Waals surface area contributed by atoms with Crippen LogP contribution in [0, 0.1) is 17.2 Å². The van der Waals surface area contributed by atoms with Crippen molar-refractivity contribution in [2.24, 2.45) is 5.92 Å². The van der Waals surface area contributed by atoms with Gasteiger partial charge in [-0.2, -0.15) is 5.26 Å². The third-order valence-corrected chi connectivity index (χ3v) is 4.33. The van der Waals surface area contributed by atoms with Gasteiger partial charge < -0.3 is 15.4 Å². The molecule has 2 amide bonds. The van der Waals surface area contributed by atoms with E-state index in [2.05, 4.69) is 16.7 Å². The summed E-state index contributed by atoms with van der Waals surface area (Å²) in [6.07, 6.45) is 4.66. The fourth-order valence-electron chi connectivity index (χ4n) is 2.79. The summed E-state index contributed by atoms with van der Waals surface area (Å²) in [5, 5.41) is 14.7. The SMILES string of the molecule is CC(C)(C)OC(=O)NCC(C)(NC(=O)C=Cc1cccc(C#N)c1)C1CC1. The van der Waals surface area contributed by atoms with Crippen molar-refractivity contribution in [1.82, 2.24) is 10.6 Å². The number of hydrogen-bond acceptors (Lipinski definition) is 4. The van der Waals surface area contributed by atoms with Crippen molar-refractivity contribution in [3.63, 3.8) is 0 Å². The van der Waals surface area contributed by atoms with Gasteiger partial charge in [-0.1, -0.05) is 12.1 Å². The van der Waals surface area contributed by atoms with Gasteiger partial charge in [0.05, 0.1) is 17.2 Å². The Balaban J connectivity index is 1.96. The van der Waals surface area contributed by atoms with Crippen LogP contribution in [-0.2, 0) is 9.53 Å². The monoisotopic (exact) mass is 369 g/mol. The molecule has 1 fully saturated rings. The van der Waals surface area contributed by atoms with Crippen LogP contribution in [0.5, 0.6) is 0 Å². The number of carbonyl (C=O) groups is 2. The fourth-order valence-corrected chi connectivity index (χ4v) is 2.79. The van der Waals surface area contributed by atoms with Crippen molar-refractivity contribution in [2.45, 2.75) is 51.7 Å². The minimum Gasteiger partial charge on any atom is -0.444 e. The molecule has 0 spiro atoms. The number of ether oxygens (including phenoxy) is 1. The molecule has 0 radical (unpaired) electrons. The maximum atomic E-state index is 12.4. The predicted molar refractivity (Wildman–Crippen MR) is 104 cm³/mol. The molecule has 1 aliphatic rings. The molecular weight excluding hydrogens is 342 g/mol. The van der Waals surface area contributed by atoms with Crippen LogP contribution in [0.4, 0.5) is 4.79 Å². The summed E-state index contributed by atoms with van der Waals surface area (Å²) in [7, 11) is 0. The van der Waals surface area contributed by atoms with E-state index in [9.17, 15) is 9.59 Å². The highest BCUT2D eigenvalue weighted by atomic mass is 16.6. The van der Waals surface area contributed by atoms with Gasteiger partial charge in [0.25, 0.3) is 0 Å². The molecule has 1 aliphatic carbocycles. The minimum atomic E-state index is -0.565. The molecule has 0 saturated heterocycles. The first-order valence-corrected chi connectivity index (χ1v) is 9.08. The normalized spacial score (nSPS) is 16.3. The van der Waals surface area contributed by atoms with Gasteiger partial charge in [0.15, 0.2) is 0 Å². The first-order valence-electron chi connectivity index (χ1n) is 9.08. The molecule has 6 nitrogen and oxygen atoms in total. The van der Waals surface area contributed by atoms with Crippen molar-refractivity contribution in [3.05, 3.63) is 41.5 Å². The van der Waals surface area contributed by atoms with E-state index < -0.39 is 17.2 Å². The largest absolute Gasteiger partial charge is 0.444 e. The summed E-state index contributed by atoms with van der Waals surface area (Å²) in [6.45, 7) is 7.65. The first-order chi connectivity index (χ1) is 12.6. The van der Waals surface area contributed by atoms with Gasteiger partial charge in [0.1, 0.15) is 5.60 Å². The maximum absolute atomic E-state index is 12.4. The van der Waals surface area contributed by atoms with E-state index >= 15 is 0 Å². The molecule has 1 aromatic carbocycles. The highest BCUT2D eigenvalue weighted by molar-refractivity contribution is 5.92. The summed E-state index contributed by atoms with van der Waals surface area (Å²) in [4.78, 5) is 24.3. The molecule has 1 aromatic rings. The second-order valence-electron chi connectivity index (χ2n) is 8.11. The van der Waals surface area contributed by atoms with Crippen LogP contribution in [0.1, 0.15) is 51.7 Å². The summed E-state index contributed by atoms with van der Waals surface area (Å²) < 4.78 is 5.26. The van der Waals surface area contributed by atoms with Crippen LogP contribution in [0.3, 0.4) is 0 Å². The quantitative estimate of drug-likeness (QED) is 0.752. The number of carbonyl (C=O) groups excluding carboxylic acids is 2. The lowest BCUT2D eigenvalue weighted by Gasteiger charge is -2.31. The van der Waals surface area contributed by atoms with Gasteiger partial charge in [-0.15, -0.1) is 0 Å². The van der Waals surface area contributed by atoms with Crippen LogP contribution >= 0.6 is 0 Å². The highest BCUT2D eigenvalue weighted by Gasteiger charge is 2.42. The van der Waals surface area contributed by atoms with Gasteiger partial charge in [0.2, 0.25) is 5.91 Å². The van der Waals surface area contributed by atoms with Crippen molar-refractivity contribution in [1.29, 1.82) is 5.26 Å². The predicted octanol–water partition coefficient (Wildman–Crippen LogP) is 3.38. The van der Waals surface area contributed by atoms with E-state index in [4.69, 9.17) is 10.00 Å². The van der Waals surface area contributed by atoms with E-state index in [1.807, 2.05) is 13.0 Å². The maximum Gasteiger partial charge on any atom is 0.407 e. The van der Waals surface area contributed by atoms with Crippen LogP contribution in [0.15, 0.2) is 30.3 Å². The number of hydrogen-bond donors (Lipinski definition) is 2. The average molecular weight is 369 g/mol. The van der Waals surface area contributed by atoms with Gasteiger partial charge >= 0.3 is 6.09 Å². The Bertz CT molecular complexity index is 770. The van der Waals surface area contributed by atoms with E-state index in [0.717, 1.165) is 18.4 Å². The smallest absolute Gasteiger partial charge is 0.407 e. The summed E-state index contributed by atoms with van der Waals surface area (Å²) in [5.41, 5.74) is 0.225. The van der Waals surface area contributed by atoms with Crippen molar-refractivity contribution < 1.29 is 14.3 Å². The molecule has 27 heavy (non-hydrogen) atoms. The lowest BCUT2D eigenvalue weighted by Crippen LogP contribution is -2.55. The molecule has 2 rings (SSSR count). The summed E-state index contributed by atoms with van der Waals surface area (Å²) in [6, 6.07) is 9.10. The molecule has 1 atom stereocenters. The van der Waals surface area contributed by atoms with E-state index in [-0.39, 0.29) is 5.91 Å². The Morgan fingerprint density at radius 2 is 2.00 bits per heavy atom. The van der Waals surface area contributed by atoms with Crippen molar-refractivity contribution >= 4 is 18.1 Å². The third kappa shape index (κ3) is 6.78. The number of nitrogens with one attached hydrogen (secondary N) is 2. The van der Waals surface area contributed by atoms with Gasteiger partial charge in [-0.25, -0.2) is 4.79 Å². The number of nitrogens with zero attached hydrogens (tertiary/aromatic N) is 1. The molecule has 0 heterocycles. The Hall–Kier alpha value is -2.81. The lowest BCUT2D eigenvalue weighted by atomic mass is 9.95. The van der Waals surface area contributed by atoms with Crippen molar-refractivity contribution in [2.75, 3.05) is 6.54 Å². The van der Waals surface area contributed by atoms with E-state index in [1.54, 1.807) is 45.0 Å². The molecule has 6 heteroatoms. The topological polar surface area (TPSA) is 91.2 Å². The summed E-state index contributed by atoms with van der Waals surface area (Å²) in [5.74, 6) is 0.0875. The Kier molecular flexibility index (Phi) is 6.27. The number of amides is 2. The zero-order chi connectivity index (χ0) is 20.1. The molecule has 0 bridgehead atoms. The Morgan fingerprint density at radius 3 is 2.59 bits per heavy atom. The van der Waals surface area contributed by atoms with Gasteiger partial charge in [0, 0.05) is 12.6 Å². The minimum absolute atomic E-state index is 0.238. The van der Waals surface area contributed by atoms with E-state index in [0.29, 0.717) is 18.0 Å². The average Bonchev–Trinajstić information content (AvgIpc) is 3.42. The number of alkyl carbamates (subject to hydrolysis) is 1. The Morgan fingerprint density at radius 1 is 1.30 bits per heavy atom. The number of benzene rings is 1. The Labute approximate surface area is 160 Å². The number of nitriles is 1. The van der Waals surface area contributed by atoms with Gasteiger partial charge in [-0.3, -0.25) is 4.79 Å². The second-order valence-corrected chi connectivity index (χ2v) is 8.11. The van der Waals surface area contributed by atoms with Crippen LogP contribution in [-0.4, -0.2) is 29.7 Å². The molecule has 144 valence electrons. The molecular formula is C21H27N3O3. The molecule has 1 unspecified atom stereocenters.